The summed E-state index contributed by atoms with van der Waals surface area (Å²) in [6, 6.07) is 0. The van der Waals surface area contributed by atoms with Gasteiger partial charge in [0, 0.05) is 10.8 Å². The van der Waals surface area contributed by atoms with Crippen LogP contribution in [-0.2, 0) is 0 Å². The highest BCUT2D eigenvalue weighted by atomic mass is 16.4. The van der Waals surface area contributed by atoms with Crippen molar-refractivity contribution in [3.63, 3.8) is 0 Å². The van der Waals surface area contributed by atoms with Crippen LogP contribution < -0.4 is 0 Å². The van der Waals surface area contributed by atoms with Gasteiger partial charge in [-0.1, -0.05) is 56.7 Å². The van der Waals surface area contributed by atoms with E-state index in [4.69, 9.17) is 0 Å². The van der Waals surface area contributed by atoms with E-state index in [9.17, 15) is 5.21 Å². The Labute approximate surface area is 106 Å². The summed E-state index contributed by atoms with van der Waals surface area (Å²) < 4.78 is 0. The molecular formula is C15H27NO. The lowest BCUT2D eigenvalue weighted by atomic mass is 9.68. The van der Waals surface area contributed by atoms with Gasteiger partial charge in [0.1, 0.15) is 0 Å². The van der Waals surface area contributed by atoms with E-state index in [1.165, 1.54) is 5.57 Å². The Balaban J connectivity index is 5.28. The second kappa shape index (κ2) is 5.52. The van der Waals surface area contributed by atoms with Gasteiger partial charge in [-0.3, -0.25) is 0 Å². The number of nitrogens with zero attached hydrogens (tertiary/aromatic N) is 1. The van der Waals surface area contributed by atoms with E-state index in [-0.39, 0.29) is 10.8 Å². The quantitative estimate of drug-likeness (QED) is 0.317. The summed E-state index contributed by atoms with van der Waals surface area (Å²) in [4.78, 5) is 0. The van der Waals surface area contributed by atoms with Gasteiger partial charge in [0.15, 0.2) is 0 Å². The molecule has 0 bridgehead atoms. The third kappa shape index (κ3) is 4.03. The molecule has 98 valence electrons. The predicted molar refractivity (Wildman–Crippen MR) is 75.6 cm³/mol. The van der Waals surface area contributed by atoms with Gasteiger partial charge in [0.2, 0.25) is 0 Å². The van der Waals surface area contributed by atoms with Crippen molar-refractivity contribution in [2.24, 2.45) is 16.0 Å². The van der Waals surface area contributed by atoms with Gasteiger partial charge in [-0.15, -0.1) is 0 Å². The predicted octanol–water partition coefficient (Wildman–Crippen LogP) is 4.80. The van der Waals surface area contributed by atoms with Gasteiger partial charge in [-0.05, 0) is 27.2 Å². The summed E-state index contributed by atoms with van der Waals surface area (Å²) in [6.45, 7) is 18.4. The molecule has 0 aliphatic heterocycles. The van der Waals surface area contributed by atoms with Crippen molar-refractivity contribution >= 4 is 5.71 Å². The molecule has 2 heteroatoms. The molecule has 0 heterocycles. The molecule has 0 rings (SSSR count). The minimum Gasteiger partial charge on any atom is -0.411 e. The summed E-state index contributed by atoms with van der Waals surface area (Å²) in [5, 5.41) is 12.9. The van der Waals surface area contributed by atoms with Gasteiger partial charge < -0.3 is 5.21 Å². The Hall–Kier alpha value is -1.05. The lowest BCUT2D eigenvalue weighted by Gasteiger charge is -2.36. The van der Waals surface area contributed by atoms with Crippen LogP contribution >= 0.6 is 0 Å². The average molecular weight is 237 g/mol. The van der Waals surface area contributed by atoms with Crippen molar-refractivity contribution in [3.05, 3.63) is 23.8 Å². The Kier molecular flexibility index (Phi) is 5.18. The Morgan fingerprint density at radius 1 is 1.18 bits per heavy atom. The standard InChI is InChI=1S/C15H27NO/c1-11(2)9-10-14(5,6)13(16-17)15(7,8)12(3)4/h9,17H,3,10H2,1-2,4-8H3. The first-order valence-electron chi connectivity index (χ1n) is 6.08. The second-order valence-electron chi connectivity index (χ2n) is 6.22. The van der Waals surface area contributed by atoms with E-state index in [2.05, 4.69) is 59.4 Å². The fraction of sp³-hybridized carbons (Fsp3) is 0.667. The topological polar surface area (TPSA) is 32.6 Å². The molecule has 1 N–H and O–H groups in total. The van der Waals surface area contributed by atoms with Crippen molar-refractivity contribution in [2.75, 3.05) is 0 Å². The van der Waals surface area contributed by atoms with E-state index < -0.39 is 0 Å². The average Bonchev–Trinajstić information content (AvgIpc) is 2.14. The van der Waals surface area contributed by atoms with Crippen molar-refractivity contribution in [1.82, 2.24) is 0 Å². The van der Waals surface area contributed by atoms with E-state index in [1.54, 1.807) is 0 Å². The third-order valence-corrected chi connectivity index (χ3v) is 3.42. The van der Waals surface area contributed by atoms with Crippen LogP contribution in [0.3, 0.4) is 0 Å². The summed E-state index contributed by atoms with van der Waals surface area (Å²) in [5.41, 5.74) is 2.62. The maximum absolute atomic E-state index is 9.34. The molecule has 0 unspecified atom stereocenters. The van der Waals surface area contributed by atoms with Crippen molar-refractivity contribution < 1.29 is 5.21 Å². The minimum atomic E-state index is -0.284. The highest BCUT2D eigenvalue weighted by Crippen LogP contribution is 2.38. The van der Waals surface area contributed by atoms with E-state index >= 15 is 0 Å². The number of allylic oxidation sites excluding steroid dienone is 3. The number of hydrogen-bond acceptors (Lipinski definition) is 2. The first-order valence-corrected chi connectivity index (χ1v) is 6.08. The van der Waals surface area contributed by atoms with Gasteiger partial charge in [-0.2, -0.15) is 0 Å². The molecule has 0 aromatic carbocycles. The molecule has 17 heavy (non-hydrogen) atoms. The molecule has 0 spiro atoms. The SMILES string of the molecule is C=C(C)C(C)(C)C(=NO)C(C)(C)CC=C(C)C. The number of hydrogen-bond donors (Lipinski definition) is 1. The monoisotopic (exact) mass is 237 g/mol. The van der Waals surface area contributed by atoms with Crippen LogP contribution in [0.2, 0.25) is 0 Å². The summed E-state index contributed by atoms with van der Waals surface area (Å²) in [7, 11) is 0. The smallest absolute Gasteiger partial charge is 0.0725 e. The van der Waals surface area contributed by atoms with Gasteiger partial charge in [-0.25, -0.2) is 0 Å². The Morgan fingerprint density at radius 2 is 1.65 bits per heavy atom. The van der Waals surface area contributed by atoms with Gasteiger partial charge >= 0.3 is 0 Å². The van der Waals surface area contributed by atoms with Crippen molar-refractivity contribution in [1.29, 1.82) is 0 Å². The highest BCUT2D eigenvalue weighted by molar-refractivity contribution is 5.96. The lowest BCUT2D eigenvalue weighted by molar-refractivity contribution is 0.296. The first kappa shape index (κ1) is 16.0. The molecule has 0 saturated heterocycles. The van der Waals surface area contributed by atoms with Crippen LogP contribution in [0.1, 0.15) is 54.9 Å². The van der Waals surface area contributed by atoms with Crippen LogP contribution in [0.15, 0.2) is 29.0 Å². The zero-order valence-corrected chi connectivity index (χ0v) is 12.4. The Bertz CT molecular complexity index is 342. The van der Waals surface area contributed by atoms with Crippen LogP contribution in [0.5, 0.6) is 0 Å². The highest BCUT2D eigenvalue weighted by Gasteiger charge is 2.37. The fourth-order valence-corrected chi connectivity index (χ4v) is 1.86. The van der Waals surface area contributed by atoms with E-state index in [0.717, 1.165) is 17.7 Å². The normalized spacial score (nSPS) is 13.5. The molecule has 0 aromatic rings. The van der Waals surface area contributed by atoms with Crippen LogP contribution in [0.25, 0.3) is 0 Å². The fourth-order valence-electron chi connectivity index (χ4n) is 1.86. The largest absolute Gasteiger partial charge is 0.411 e. The van der Waals surface area contributed by atoms with Gasteiger partial charge in [0.05, 0.1) is 5.71 Å². The molecule has 0 aliphatic rings. The molecule has 0 aromatic heterocycles. The van der Waals surface area contributed by atoms with Crippen LogP contribution in [0.4, 0.5) is 0 Å². The van der Waals surface area contributed by atoms with E-state index in [1.807, 2.05) is 6.92 Å². The van der Waals surface area contributed by atoms with Crippen LogP contribution in [0, 0.1) is 10.8 Å². The second-order valence-corrected chi connectivity index (χ2v) is 6.22. The number of oxime groups is 1. The lowest BCUT2D eigenvalue weighted by Crippen LogP contribution is -2.37. The first-order chi connectivity index (χ1) is 7.55. The van der Waals surface area contributed by atoms with Crippen molar-refractivity contribution in [3.8, 4) is 0 Å². The molecule has 0 radical (unpaired) electrons. The summed E-state index contributed by atoms with van der Waals surface area (Å²) >= 11 is 0. The third-order valence-electron chi connectivity index (χ3n) is 3.42. The van der Waals surface area contributed by atoms with E-state index in [0.29, 0.717) is 0 Å². The molecule has 0 fully saturated rings. The number of rotatable bonds is 5. The maximum Gasteiger partial charge on any atom is 0.0725 e. The molecule has 0 amide bonds. The minimum absolute atomic E-state index is 0.172. The Morgan fingerprint density at radius 3 is 1.94 bits per heavy atom. The van der Waals surface area contributed by atoms with Crippen LogP contribution in [-0.4, -0.2) is 10.9 Å². The summed E-state index contributed by atoms with van der Waals surface area (Å²) in [5.74, 6) is 0. The maximum atomic E-state index is 9.34. The van der Waals surface area contributed by atoms with Crippen molar-refractivity contribution in [2.45, 2.75) is 54.9 Å². The molecular weight excluding hydrogens is 210 g/mol. The molecule has 2 nitrogen and oxygen atoms in total. The molecule has 0 saturated carbocycles. The summed E-state index contributed by atoms with van der Waals surface area (Å²) in [6.07, 6.45) is 3.05. The molecule has 0 atom stereocenters. The van der Waals surface area contributed by atoms with Gasteiger partial charge in [0.25, 0.3) is 0 Å². The zero-order valence-electron chi connectivity index (χ0n) is 12.4. The molecule has 0 aliphatic carbocycles. The zero-order chi connectivity index (χ0) is 13.9.